The Hall–Kier alpha value is -1.29. The van der Waals surface area contributed by atoms with E-state index in [4.69, 9.17) is 4.42 Å². The second-order valence-electron chi connectivity index (χ2n) is 5.16. The Kier molecular flexibility index (Phi) is 4.42. The van der Waals surface area contributed by atoms with Crippen molar-refractivity contribution in [1.82, 2.24) is 10.2 Å². The third-order valence-corrected chi connectivity index (χ3v) is 3.54. The van der Waals surface area contributed by atoms with Crippen LogP contribution in [-0.2, 0) is 11.3 Å². The van der Waals surface area contributed by atoms with E-state index >= 15 is 0 Å². The molecule has 1 aromatic rings. The Balaban J connectivity index is 1.74. The molecule has 0 aromatic carbocycles. The van der Waals surface area contributed by atoms with Gasteiger partial charge in [0.2, 0.25) is 5.91 Å². The van der Waals surface area contributed by atoms with Crippen LogP contribution in [0.5, 0.6) is 0 Å². The Labute approximate surface area is 108 Å². The molecule has 1 N–H and O–H groups in total. The molecule has 1 atom stereocenters. The molecule has 0 saturated carbocycles. The fourth-order valence-corrected chi connectivity index (χ4v) is 2.37. The Morgan fingerprint density at radius 3 is 3.00 bits per heavy atom. The molecule has 1 aromatic heterocycles. The number of hydrogen-bond acceptors (Lipinski definition) is 3. The normalized spacial score (nSPS) is 19.1. The van der Waals surface area contributed by atoms with E-state index in [-0.39, 0.29) is 5.91 Å². The van der Waals surface area contributed by atoms with Crippen LogP contribution in [0, 0.1) is 12.8 Å². The number of carbonyl (C=O) groups is 1. The van der Waals surface area contributed by atoms with Gasteiger partial charge in [0.15, 0.2) is 0 Å². The quantitative estimate of drug-likeness (QED) is 0.868. The summed E-state index contributed by atoms with van der Waals surface area (Å²) >= 11 is 0. The van der Waals surface area contributed by atoms with Gasteiger partial charge in [-0.3, -0.25) is 4.79 Å². The number of nitrogens with zero attached hydrogens (tertiary/aromatic N) is 1. The molecular formula is C14H22N2O2. The average Bonchev–Trinajstić information content (AvgIpc) is 2.97. The summed E-state index contributed by atoms with van der Waals surface area (Å²) in [5, 5.41) is 3.33. The molecule has 0 radical (unpaired) electrons. The third-order valence-electron chi connectivity index (χ3n) is 3.54. The number of nitrogens with one attached hydrogen (secondary N) is 1. The second kappa shape index (κ2) is 6.05. The second-order valence-corrected chi connectivity index (χ2v) is 5.16. The van der Waals surface area contributed by atoms with Crippen LogP contribution >= 0.6 is 0 Å². The molecule has 4 heteroatoms. The van der Waals surface area contributed by atoms with Crippen LogP contribution in [0.4, 0.5) is 0 Å². The third kappa shape index (κ3) is 3.60. The first-order chi connectivity index (χ1) is 8.65. The Morgan fingerprint density at radius 1 is 1.56 bits per heavy atom. The minimum Gasteiger partial charge on any atom is -0.464 e. The molecule has 1 amide bonds. The zero-order valence-corrected chi connectivity index (χ0v) is 11.2. The van der Waals surface area contributed by atoms with E-state index in [0.29, 0.717) is 18.9 Å². The summed E-state index contributed by atoms with van der Waals surface area (Å²) in [7, 11) is 1.84. The van der Waals surface area contributed by atoms with Crippen LogP contribution in [0.3, 0.4) is 0 Å². The number of carbonyl (C=O) groups excluding carboxylic acids is 1. The van der Waals surface area contributed by atoms with Crippen molar-refractivity contribution in [3.05, 3.63) is 23.7 Å². The number of aryl methyl sites for hydroxylation is 1. The minimum atomic E-state index is 0.205. The van der Waals surface area contributed by atoms with Crippen LogP contribution in [0.15, 0.2) is 16.5 Å². The van der Waals surface area contributed by atoms with Gasteiger partial charge < -0.3 is 14.6 Å². The molecule has 0 bridgehead atoms. The van der Waals surface area contributed by atoms with Gasteiger partial charge in [0, 0.05) is 13.5 Å². The number of amides is 1. The van der Waals surface area contributed by atoms with Gasteiger partial charge in [-0.05, 0) is 50.9 Å². The van der Waals surface area contributed by atoms with Gasteiger partial charge in [-0.15, -0.1) is 0 Å². The molecule has 1 saturated heterocycles. The maximum atomic E-state index is 12.0. The highest BCUT2D eigenvalue weighted by Gasteiger charge is 2.17. The fraction of sp³-hybridized carbons (Fsp3) is 0.643. The Bertz CT molecular complexity index is 394. The molecule has 18 heavy (non-hydrogen) atoms. The summed E-state index contributed by atoms with van der Waals surface area (Å²) in [6.07, 6.45) is 2.84. The molecule has 1 fully saturated rings. The highest BCUT2D eigenvalue weighted by atomic mass is 16.3. The number of furan rings is 1. The maximum absolute atomic E-state index is 12.0. The lowest BCUT2D eigenvalue weighted by molar-refractivity contribution is -0.130. The van der Waals surface area contributed by atoms with Crippen molar-refractivity contribution in [3.8, 4) is 0 Å². The maximum Gasteiger partial charge on any atom is 0.222 e. The van der Waals surface area contributed by atoms with Gasteiger partial charge in [0.25, 0.3) is 0 Å². The van der Waals surface area contributed by atoms with Crippen molar-refractivity contribution in [2.24, 2.45) is 5.92 Å². The zero-order chi connectivity index (χ0) is 13.0. The average molecular weight is 250 g/mol. The van der Waals surface area contributed by atoms with Gasteiger partial charge in [0.05, 0.1) is 6.54 Å². The van der Waals surface area contributed by atoms with Crippen molar-refractivity contribution in [3.63, 3.8) is 0 Å². The molecule has 2 heterocycles. The van der Waals surface area contributed by atoms with Crippen LogP contribution in [-0.4, -0.2) is 30.9 Å². The molecule has 100 valence electrons. The van der Waals surface area contributed by atoms with E-state index in [2.05, 4.69) is 5.32 Å². The minimum absolute atomic E-state index is 0.205. The van der Waals surface area contributed by atoms with E-state index < -0.39 is 0 Å². The molecule has 4 nitrogen and oxygen atoms in total. The predicted molar refractivity (Wildman–Crippen MR) is 70.1 cm³/mol. The van der Waals surface area contributed by atoms with Crippen molar-refractivity contribution in [2.45, 2.75) is 32.7 Å². The van der Waals surface area contributed by atoms with Crippen LogP contribution < -0.4 is 5.32 Å². The lowest BCUT2D eigenvalue weighted by Crippen LogP contribution is -2.26. The van der Waals surface area contributed by atoms with E-state index in [1.807, 2.05) is 26.1 Å². The first-order valence-electron chi connectivity index (χ1n) is 6.65. The van der Waals surface area contributed by atoms with Crippen LogP contribution in [0.2, 0.25) is 0 Å². The van der Waals surface area contributed by atoms with Crippen LogP contribution in [0.25, 0.3) is 0 Å². The monoisotopic (exact) mass is 250 g/mol. The highest BCUT2D eigenvalue weighted by molar-refractivity contribution is 5.75. The Morgan fingerprint density at radius 2 is 2.39 bits per heavy atom. The molecule has 1 aliphatic heterocycles. The summed E-state index contributed by atoms with van der Waals surface area (Å²) in [5.74, 6) is 2.62. The highest BCUT2D eigenvalue weighted by Crippen LogP contribution is 2.16. The summed E-state index contributed by atoms with van der Waals surface area (Å²) in [6, 6.07) is 3.86. The first-order valence-corrected chi connectivity index (χ1v) is 6.65. The van der Waals surface area contributed by atoms with Crippen LogP contribution in [0.1, 0.15) is 30.8 Å². The fourth-order valence-electron chi connectivity index (χ4n) is 2.37. The van der Waals surface area contributed by atoms with Crippen molar-refractivity contribution < 1.29 is 9.21 Å². The molecular weight excluding hydrogens is 228 g/mol. The van der Waals surface area contributed by atoms with Gasteiger partial charge >= 0.3 is 0 Å². The molecule has 0 aliphatic carbocycles. The molecule has 2 rings (SSSR count). The summed E-state index contributed by atoms with van der Waals surface area (Å²) in [4.78, 5) is 13.7. The van der Waals surface area contributed by atoms with Crippen molar-refractivity contribution in [2.75, 3.05) is 20.1 Å². The predicted octanol–water partition coefficient (Wildman–Crippen LogP) is 1.94. The SMILES string of the molecule is Cc1ccc(CN(C)C(=O)CCC2CCNC2)o1. The van der Waals surface area contributed by atoms with E-state index in [0.717, 1.165) is 31.0 Å². The largest absolute Gasteiger partial charge is 0.464 e. The molecule has 1 unspecified atom stereocenters. The topological polar surface area (TPSA) is 45.5 Å². The van der Waals surface area contributed by atoms with Gasteiger partial charge in [-0.1, -0.05) is 0 Å². The lowest BCUT2D eigenvalue weighted by Gasteiger charge is -2.16. The van der Waals surface area contributed by atoms with E-state index in [1.54, 1.807) is 4.90 Å². The van der Waals surface area contributed by atoms with Crippen molar-refractivity contribution in [1.29, 1.82) is 0 Å². The molecule has 0 spiro atoms. The zero-order valence-electron chi connectivity index (χ0n) is 11.2. The van der Waals surface area contributed by atoms with E-state index in [1.165, 1.54) is 6.42 Å². The number of rotatable bonds is 5. The first kappa shape index (κ1) is 13.1. The summed E-state index contributed by atoms with van der Waals surface area (Å²) in [5.41, 5.74) is 0. The van der Waals surface area contributed by atoms with Crippen molar-refractivity contribution >= 4 is 5.91 Å². The van der Waals surface area contributed by atoms with Gasteiger partial charge in [0.1, 0.15) is 11.5 Å². The van der Waals surface area contributed by atoms with Gasteiger partial charge in [-0.2, -0.15) is 0 Å². The smallest absolute Gasteiger partial charge is 0.222 e. The van der Waals surface area contributed by atoms with E-state index in [9.17, 15) is 4.79 Å². The lowest BCUT2D eigenvalue weighted by atomic mass is 10.0. The number of hydrogen-bond donors (Lipinski definition) is 1. The summed E-state index contributed by atoms with van der Waals surface area (Å²) in [6.45, 7) is 4.64. The standard InChI is InChI=1S/C14H22N2O2/c1-11-3-5-13(18-11)10-16(2)14(17)6-4-12-7-8-15-9-12/h3,5,12,15H,4,6-10H2,1-2H3. The van der Waals surface area contributed by atoms with Gasteiger partial charge in [-0.25, -0.2) is 0 Å². The summed E-state index contributed by atoms with van der Waals surface area (Å²) < 4.78 is 5.48. The molecule has 1 aliphatic rings.